The number of unbranched alkanes of at least 4 members (excludes halogenated alkanes) is 16. The molecule has 0 aromatic heterocycles. The zero-order valence-electron chi connectivity index (χ0n) is 18.4. The molecule has 0 unspecified atom stereocenters. The van der Waals surface area contributed by atoms with Crippen molar-refractivity contribution in [2.75, 3.05) is 26.4 Å². The monoisotopic (exact) mass is 384 g/mol. The van der Waals surface area contributed by atoms with Crippen LogP contribution in [-0.4, -0.2) is 32.7 Å². The van der Waals surface area contributed by atoms with Crippen LogP contribution < -0.4 is 0 Å². The summed E-state index contributed by atoms with van der Waals surface area (Å²) in [6, 6.07) is 0. The third-order valence-corrected chi connectivity index (χ3v) is 5.12. The van der Waals surface area contributed by atoms with Crippen molar-refractivity contribution < 1.29 is 14.3 Å². The number of carbonyl (C=O) groups excluding carboxylic acids is 1. The summed E-state index contributed by atoms with van der Waals surface area (Å²) in [5.74, 6) is 0. The van der Waals surface area contributed by atoms with Gasteiger partial charge in [-0.3, -0.25) is 0 Å². The third-order valence-electron chi connectivity index (χ3n) is 5.12. The highest BCUT2D eigenvalue weighted by Crippen LogP contribution is 2.13. The van der Waals surface area contributed by atoms with Gasteiger partial charge in [-0.25, -0.2) is 0 Å². The second kappa shape index (κ2) is 25.6. The summed E-state index contributed by atoms with van der Waals surface area (Å²) < 4.78 is 10.9. The fourth-order valence-corrected chi connectivity index (χ4v) is 3.34. The molecule has 162 valence electrons. The van der Waals surface area contributed by atoms with Gasteiger partial charge in [-0.1, -0.05) is 103 Å². The maximum Gasteiger partial charge on any atom is 0.120 e. The first-order valence-electron chi connectivity index (χ1n) is 12.0. The number of hydrogen-bond donors (Lipinski definition) is 0. The highest BCUT2D eigenvalue weighted by Gasteiger charge is 1.95. The van der Waals surface area contributed by atoms with Crippen LogP contribution in [0, 0.1) is 0 Å². The molecule has 0 aliphatic heterocycles. The smallest absolute Gasteiger partial charge is 0.120 e. The van der Waals surface area contributed by atoms with E-state index < -0.39 is 0 Å². The van der Waals surface area contributed by atoms with Crippen LogP contribution in [0.5, 0.6) is 0 Å². The molecule has 27 heavy (non-hydrogen) atoms. The molecule has 0 saturated heterocycles. The van der Waals surface area contributed by atoms with E-state index in [1.807, 2.05) is 0 Å². The normalized spacial score (nSPS) is 11.1. The van der Waals surface area contributed by atoms with E-state index in [2.05, 4.69) is 6.92 Å². The van der Waals surface area contributed by atoms with Gasteiger partial charge in [0.1, 0.15) is 6.29 Å². The summed E-state index contributed by atoms with van der Waals surface area (Å²) in [6.45, 7) is 5.14. The van der Waals surface area contributed by atoms with Gasteiger partial charge in [0.2, 0.25) is 0 Å². The molecule has 0 saturated carbocycles. The Hall–Kier alpha value is -0.410. The summed E-state index contributed by atoms with van der Waals surface area (Å²) in [5.41, 5.74) is 0. The van der Waals surface area contributed by atoms with E-state index in [0.29, 0.717) is 26.2 Å². The number of carbonyl (C=O) groups is 1. The fraction of sp³-hybridized carbons (Fsp3) is 0.958. The molecule has 0 aromatic carbocycles. The molecule has 0 radical (unpaired) electrons. The van der Waals surface area contributed by atoms with E-state index in [9.17, 15) is 4.79 Å². The van der Waals surface area contributed by atoms with E-state index in [4.69, 9.17) is 9.47 Å². The second-order valence-corrected chi connectivity index (χ2v) is 7.84. The summed E-state index contributed by atoms with van der Waals surface area (Å²) >= 11 is 0. The molecule has 0 aliphatic carbocycles. The fourth-order valence-electron chi connectivity index (χ4n) is 3.34. The molecule has 0 atom stereocenters. The second-order valence-electron chi connectivity index (χ2n) is 7.84. The van der Waals surface area contributed by atoms with Crippen LogP contribution >= 0.6 is 0 Å². The predicted octanol–water partition coefficient (Wildman–Crippen LogP) is 7.26. The topological polar surface area (TPSA) is 35.5 Å². The Balaban J connectivity index is 2.96. The van der Waals surface area contributed by atoms with E-state index in [-0.39, 0.29) is 0 Å². The number of hydrogen-bond acceptors (Lipinski definition) is 3. The van der Waals surface area contributed by atoms with Crippen LogP contribution in [0.2, 0.25) is 0 Å². The Morgan fingerprint density at radius 1 is 0.481 bits per heavy atom. The predicted molar refractivity (Wildman–Crippen MR) is 116 cm³/mol. The van der Waals surface area contributed by atoms with E-state index >= 15 is 0 Å². The van der Waals surface area contributed by atoms with Crippen molar-refractivity contribution in [1.82, 2.24) is 0 Å². The molecule has 0 N–H and O–H groups in total. The number of aldehydes is 1. The minimum atomic E-state index is 0.597. The Bertz CT molecular complexity index is 268. The van der Waals surface area contributed by atoms with Gasteiger partial charge >= 0.3 is 0 Å². The van der Waals surface area contributed by atoms with Crippen molar-refractivity contribution in [1.29, 1.82) is 0 Å². The molecule has 0 aromatic rings. The van der Waals surface area contributed by atoms with Crippen LogP contribution in [0.4, 0.5) is 0 Å². The Morgan fingerprint density at radius 3 is 1.26 bits per heavy atom. The molecule has 3 heteroatoms. The first-order valence-corrected chi connectivity index (χ1v) is 12.0. The molecular weight excluding hydrogens is 336 g/mol. The molecule has 0 rings (SSSR count). The van der Waals surface area contributed by atoms with Gasteiger partial charge in [-0.2, -0.15) is 0 Å². The lowest BCUT2D eigenvalue weighted by Crippen LogP contribution is -2.06. The molecule has 0 bridgehead atoms. The van der Waals surface area contributed by atoms with Crippen molar-refractivity contribution in [2.24, 2.45) is 0 Å². The quantitative estimate of drug-likeness (QED) is 0.130. The lowest BCUT2D eigenvalue weighted by Gasteiger charge is -2.05. The van der Waals surface area contributed by atoms with Crippen molar-refractivity contribution in [2.45, 2.75) is 122 Å². The Morgan fingerprint density at radius 2 is 0.852 bits per heavy atom. The molecule has 0 fully saturated rings. The van der Waals surface area contributed by atoms with Gasteiger partial charge in [0, 0.05) is 19.6 Å². The Kier molecular flexibility index (Phi) is 25.2. The molecule has 3 nitrogen and oxygen atoms in total. The summed E-state index contributed by atoms with van der Waals surface area (Å²) in [6.07, 6.45) is 24.8. The minimum absolute atomic E-state index is 0.597. The van der Waals surface area contributed by atoms with E-state index in [1.165, 1.54) is 103 Å². The van der Waals surface area contributed by atoms with Crippen molar-refractivity contribution in [3.05, 3.63) is 0 Å². The molecule has 0 amide bonds. The van der Waals surface area contributed by atoms with Crippen molar-refractivity contribution >= 4 is 6.29 Å². The summed E-state index contributed by atoms with van der Waals surface area (Å²) in [4.78, 5) is 10.1. The highest BCUT2D eigenvalue weighted by molar-refractivity contribution is 5.48. The van der Waals surface area contributed by atoms with Crippen molar-refractivity contribution in [3.63, 3.8) is 0 Å². The minimum Gasteiger partial charge on any atom is -0.379 e. The average Bonchev–Trinajstić information content (AvgIpc) is 2.68. The van der Waals surface area contributed by atoms with E-state index in [1.54, 1.807) is 0 Å². The lowest BCUT2D eigenvalue weighted by molar-refractivity contribution is -0.108. The first kappa shape index (κ1) is 26.6. The third kappa shape index (κ3) is 25.6. The highest BCUT2D eigenvalue weighted by atomic mass is 16.5. The summed E-state index contributed by atoms with van der Waals surface area (Å²) in [5, 5.41) is 0. The van der Waals surface area contributed by atoms with Crippen LogP contribution in [0.3, 0.4) is 0 Å². The SMILES string of the molecule is CCCCCCCCCCCCCCCCCCOCCOCCCC=O. The maximum atomic E-state index is 10.1. The number of rotatable bonds is 24. The molecule has 0 spiro atoms. The van der Waals surface area contributed by atoms with Gasteiger partial charge in [0.15, 0.2) is 0 Å². The largest absolute Gasteiger partial charge is 0.379 e. The summed E-state index contributed by atoms with van der Waals surface area (Å²) in [7, 11) is 0. The van der Waals surface area contributed by atoms with Crippen LogP contribution in [-0.2, 0) is 14.3 Å². The van der Waals surface area contributed by atoms with Crippen LogP contribution in [0.25, 0.3) is 0 Å². The van der Waals surface area contributed by atoms with Gasteiger partial charge in [-0.15, -0.1) is 0 Å². The van der Waals surface area contributed by atoms with Crippen molar-refractivity contribution in [3.8, 4) is 0 Å². The Labute approximate surface area is 170 Å². The first-order chi connectivity index (χ1) is 13.4. The van der Waals surface area contributed by atoms with Gasteiger partial charge in [0.25, 0.3) is 0 Å². The zero-order chi connectivity index (χ0) is 19.7. The molecular formula is C24H48O3. The van der Waals surface area contributed by atoms with Gasteiger partial charge in [-0.05, 0) is 12.8 Å². The van der Waals surface area contributed by atoms with Crippen LogP contribution in [0.15, 0.2) is 0 Å². The molecule has 0 aliphatic rings. The van der Waals surface area contributed by atoms with Gasteiger partial charge in [0.05, 0.1) is 13.2 Å². The lowest BCUT2D eigenvalue weighted by atomic mass is 10.0. The average molecular weight is 385 g/mol. The standard InChI is InChI=1S/C24H48O3/c1-2-3-4-5-6-7-8-9-10-11-12-13-14-15-16-18-21-26-23-24-27-22-19-17-20-25/h20H,2-19,21-24H2,1H3. The molecule has 0 heterocycles. The van der Waals surface area contributed by atoms with Gasteiger partial charge < -0.3 is 14.3 Å². The zero-order valence-corrected chi connectivity index (χ0v) is 18.4. The number of ether oxygens (including phenoxy) is 2. The van der Waals surface area contributed by atoms with E-state index in [0.717, 1.165) is 19.3 Å². The van der Waals surface area contributed by atoms with Crippen LogP contribution in [0.1, 0.15) is 122 Å². The maximum absolute atomic E-state index is 10.1.